The zero-order valence-corrected chi connectivity index (χ0v) is 12.5. The van der Waals surface area contributed by atoms with Gasteiger partial charge in [0, 0.05) is 12.1 Å². The first-order chi connectivity index (χ1) is 8.79. The molecule has 1 saturated heterocycles. The average Bonchev–Trinajstić information content (AvgIpc) is 2.65. The molecule has 106 valence electrons. The fraction of sp³-hybridized carbons (Fsp3) is 1.00. The summed E-state index contributed by atoms with van der Waals surface area (Å²) in [4.78, 5) is 2.60. The zero-order valence-electron chi connectivity index (χ0n) is 12.5. The monoisotopic (exact) mass is 252 g/mol. The zero-order chi connectivity index (χ0) is 12.8. The van der Waals surface area contributed by atoms with Crippen molar-refractivity contribution in [2.24, 2.45) is 5.92 Å². The van der Waals surface area contributed by atoms with Gasteiger partial charge in [0.2, 0.25) is 0 Å². The van der Waals surface area contributed by atoms with Crippen LogP contribution >= 0.6 is 0 Å². The minimum atomic E-state index is 0.739. The van der Waals surface area contributed by atoms with Crippen molar-refractivity contribution in [3.63, 3.8) is 0 Å². The standard InChI is InChI=1S/C16H32N2/c1-3-18-12-7-10-16(11-13-18)17-14(2)15-8-5-4-6-9-15/h14-17H,3-13H2,1-2H3/t14-,16?/m0/s1. The third kappa shape index (κ3) is 4.24. The third-order valence-electron chi connectivity index (χ3n) is 5.12. The van der Waals surface area contributed by atoms with Gasteiger partial charge in [0.05, 0.1) is 0 Å². The van der Waals surface area contributed by atoms with Crippen LogP contribution in [-0.4, -0.2) is 36.6 Å². The van der Waals surface area contributed by atoms with Crippen LogP contribution in [-0.2, 0) is 0 Å². The molecule has 0 aromatic carbocycles. The van der Waals surface area contributed by atoms with Crippen molar-refractivity contribution < 1.29 is 0 Å². The molecule has 2 aliphatic rings. The molecule has 0 spiro atoms. The molecule has 2 atom stereocenters. The van der Waals surface area contributed by atoms with Crippen LogP contribution in [0, 0.1) is 5.92 Å². The lowest BCUT2D eigenvalue weighted by Crippen LogP contribution is -2.42. The summed E-state index contributed by atoms with van der Waals surface area (Å²) in [6.45, 7) is 8.56. The Hall–Kier alpha value is -0.0800. The van der Waals surface area contributed by atoms with E-state index in [1.165, 1.54) is 71.0 Å². The molecule has 1 saturated carbocycles. The van der Waals surface area contributed by atoms with E-state index < -0.39 is 0 Å². The molecule has 2 rings (SSSR count). The minimum absolute atomic E-state index is 0.739. The Bertz CT molecular complexity index is 223. The number of nitrogens with zero attached hydrogens (tertiary/aromatic N) is 1. The molecule has 1 aliphatic carbocycles. The lowest BCUT2D eigenvalue weighted by atomic mass is 9.84. The van der Waals surface area contributed by atoms with E-state index in [1.807, 2.05) is 0 Å². The Morgan fingerprint density at radius 2 is 1.78 bits per heavy atom. The van der Waals surface area contributed by atoms with Gasteiger partial charge in [-0.3, -0.25) is 0 Å². The fourth-order valence-electron chi connectivity index (χ4n) is 3.78. The second-order valence-corrected chi connectivity index (χ2v) is 6.42. The van der Waals surface area contributed by atoms with Gasteiger partial charge in [-0.05, 0) is 64.6 Å². The Kier molecular flexibility index (Phi) is 5.97. The molecule has 1 aliphatic heterocycles. The van der Waals surface area contributed by atoms with Crippen molar-refractivity contribution in [2.75, 3.05) is 19.6 Å². The number of rotatable bonds is 4. The van der Waals surface area contributed by atoms with Crippen LogP contribution in [0.3, 0.4) is 0 Å². The average molecular weight is 252 g/mol. The second-order valence-electron chi connectivity index (χ2n) is 6.42. The van der Waals surface area contributed by atoms with Gasteiger partial charge < -0.3 is 10.2 Å². The molecule has 2 heteroatoms. The van der Waals surface area contributed by atoms with Gasteiger partial charge in [-0.25, -0.2) is 0 Å². The number of hydrogen-bond donors (Lipinski definition) is 1. The largest absolute Gasteiger partial charge is 0.311 e. The van der Waals surface area contributed by atoms with Crippen LogP contribution in [0.25, 0.3) is 0 Å². The molecule has 1 unspecified atom stereocenters. The first-order valence-electron chi connectivity index (χ1n) is 8.28. The highest BCUT2D eigenvalue weighted by atomic mass is 15.1. The van der Waals surface area contributed by atoms with Crippen LogP contribution in [0.2, 0.25) is 0 Å². The molecule has 0 amide bonds. The minimum Gasteiger partial charge on any atom is -0.311 e. The highest BCUT2D eigenvalue weighted by molar-refractivity contribution is 4.81. The number of likely N-dealkylation sites (tertiary alicyclic amines) is 1. The summed E-state index contributed by atoms with van der Waals surface area (Å²) in [5.41, 5.74) is 0. The molecular weight excluding hydrogens is 220 g/mol. The molecule has 2 fully saturated rings. The summed E-state index contributed by atoms with van der Waals surface area (Å²) in [7, 11) is 0. The molecule has 0 bridgehead atoms. The molecule has 1 heterocycles. The molecule has 0 radical (unpaired) electrons. The summed E-state index contributed by atoms with van der Waals surface area (Å²) < 4.78 is 0. The molecule has 18 heavy (non-hydrogen) atoms. The lowest BCUT2D eigenvalue weighted by molar-refractivity contribution is 0.253. The number of hydrogen-bond acceptors (Lipinski definition) is 2. The van der Waals surface area contributed by atoms with E-state index in [2.05, 4.69) is 24.1 Å². The van der Waals surface area contributed by atoms with Crippen molar-refractivity contribution in [2.45, 2.75) is 77.3 Å². The molecule has 0 aromatic rings. The van der Waals surface area contributed by atoms with Crippen molar-refractivity contribution in [3.8, 4) is 0 Å². The van der Waals surface area contributed by atoms with Crippen LogP contribution in [0.1, 0.15) is 65.2 Å². The van der Waals surface area contributed by atoms with Crippen molar-refractivity contribution in [1.82, 2.24) is 10.2 Å². The molecule has 2 nitrogen and oxygen atoms in total. The summed E-state index contributed by atoms with van der Waals surface area (Å²) >= 11 is 0. The van der Waals surface area contributed by atoms with E-state index in [-0.39, 0.29) is 0 Å². The van der Waals surface area contributed by atoms with Crippen LogP contribution < -0.4 is 5.32 Å². The van der Waals surface area contributed by atoms with Gasteiger partial charge in [-0.2, -0.15) is 0 Å². The maximum absolute atomic E-state index is 3.95. The Balaban J connectivity index is 1.74. The van der Waals surface area contributed by atoms with Gasteiger partial charge >= 0.3 is 0 Å². The van der Waals surface area contributed by atoms with Crippen LogP contribution in [0.15, 0.2) is 0 Å². The van der Waals surface area contributed by atoms with E-state index in [1.54, 1.807) is 0 Å². The highest BCUT2D eigenvalue weighted by Crippen LogP contribution is 2.27. The van der Waals surface area contributed by atoms with Crippen molar-refractivity contribution in [3.05, 3.63) is 0 Å². The van der Waals surface area contributed by atoms with Crippen molar-refractivity contribution in [1.29, 1.82) is 0 Å². The SMILES string of the molecule is CCN1CCCC(N[C@@H](C)C2CCCCC2)CC1. The van der Waals surface area contributed by atoms with E-state index >= 15 is 0 Å². The predicted molar refractivity (Wildman–Crippen MR) is 78.9 cm³/mol. The first-order valence-corrected chi connectivity index (χ1v) is 8.28. The van der Waals surface area contributed by atoms with E-state index in [0.717, 1.165) is 18.0 Å². The fourth-order valence-corrected chi connectivity index (χ4v) is 3.78. The first kappa shape index (κ1) is 14.3. The number of nitrogens with one attached hydrogen (secondary N) is 1. The highest BCUT2D eigenvalue weighted by Gasteiger charge is 2.23. The second kappa shape index (κ2) is 7.49. The summed E-state index contributed by atoms with van der Waals surface area (Å²) in [5.74, 6) is 0.948. The molecule has 1 N–H and O–H groups in total. The maximum Gasteiger partial charge on any atom is 0.00823 e. The summed E-state index contributed by atoms with van der Waals surface area (Å²) in [6.07, 6.45) is 11.4. The maximum atomic E-state index is 3.95. The summed E-state index contributed by atoms with van der Waals surface area (Å²) in [6, 6.07) is 1.52. The lowest BCUT2D eigenvalue weighted by Gasteiger charge is -2.31. The van der Waals surface area contributed by atoms with E-state index in [9.17, 15) is 0 Å². The Morgan fingerprint density at radius 3 is 2.50 bits per heavy atom. The van der Waals surface area contributed by atoms with Gasteiger partial charge in [-0.1, -0.05) is 26.2 Å². The van der Waals surface area contributed by atoms with Gasteiger partial charge in [0.1, 0.15) is 0 Å². The Labute approximate surface area is 114 Å². The third-order valence-corrected chi connectivity index (χ3v) is 5.12. The van der Waals surface area contributed by atoms with Gasteiger partial charge in [0.15, 0.2) is 0 Å². The van der Waals surface area contributed by atoms with Crippen LogP contribution in [0.4, 0.5) is 0 Å². The van der Waals surface area contributed by atoms with Gasteiger partial charge in [0.25, 0.3) is 0 Å². The topological polar surface area (TPSA) is 15.3 Å². The van der Waals surface area contributed by atoms with Crippen molar-refractivity contribution >= 4 is 0 Å². The summed E-state index contributed by atoms with van der Waals surface area (Å²) in [5, 5.41) is 3.95. The molecule has 0 aromatic heterocycles. The smallest absolute Gasteiger partial charge is 0.00823 e. The quantitative estimate of drug-likeness (QED) is 0.825. The molecular formula is C16H32N2. The van der Waals surface area contributed by atoms with Crippen LogP contribution in [0.5, 0.6) is 0 Å². The predicted octanol–water partition coefficient (Wildman–Crippen LogP) is 3.42. The Morgan fingerprint density at radius 1 is 1.00 bits per heavy atom. The van der Waals surface area contributed by atoms with Gasteiger partial charge in [-0.15, -0.1) is 0 Å². The van der Waals surface area contributed by atoms with E-state index in [0.29, 0.717) is 0 Å². The van der Waals surface area contributed by atoms with E-state index in [4.69, 9.17) is 0 Å². The normalized spacial score (nSPS) is 30.0.